The Bertz CT molecular complexity index is 1200. The Kier molecular flexibility index (Phi) is 7.57. The van der Waals surface area contributed by atoms with Crippen LogP contribution in [0.3, 0.4) is 0 Å². The number of carbonyl (C=O) groups is 2. The van der Waals surface area contributed by atoms with E-state index in [1.165, 1.54) is 0 Å². The number of aliphatic carboxylic acids is 1. The van der Waals surface area contributed by atoms with Crippen LogP contribution in [-0.4, -0.2) is 35.1 Å². The fraction of sp³-hybridized carbons (Fsp3) is 0.423. The van der Waals surface area contributed by atoms with Crippen molar-refractivity contribution in [2.75, 3.05) is 18.0 Å². The number of benzene rings is 1. The van der Waals surface area contributed by atoms with Crippen LogP contribution in [0.25, 0.3) is 4.85 Å². The fourth-order valence-electron chi connectivity index (χ4n) is 4.70. The molecule has 1 amide bonds. The van der Waals surface area contributed by atoms with Gasteiger partial charge in [-0.25, -0.2) is 9.83 Å². The lowest BCUT2D eigenvalue weighted by atomic mass is 9.93. The monoisotopic (exact) mass is 489 g/mol. The molecule has 1 aliphatic heterocycles. The predicted octanol–water partition coefficient (Wildman–Crippen LogP) is 4.78. The first-order valence-corrected chi connectivity index (χ1v) is 12.6. The summed E-state index contributed by atoms with van der Waals surface area (Å²) in [4.78, 5) is 34.2. The van der Waals surface area contributed by atoms with Crippen molar-refractivity contribution in [3.8, 4) is 6.07 Å². The number of piperidine rings is 1. The molecule has 1 aromatic heterocycles. The van der Waals surface area contributed by atoms with Gasteiger partial charge in [0, 0.05) is 19.5 Å². The van der Waals surface area contributed by atoms with Crippen molar-refractivity contribution in [2.24, 2.45) is 11.7 Å². The minimum absolute atomic E-state index is 0.112. The first kappa shape index (κ1) is 24.6. The van der Waals surface area contributed by atoms with Gasteiger partial charge in [0.15, 0.2) is 0 Å². The van der Waals surface area contributed by atoms with Crippen LogP contribution in [0.15, 0.2) is 35.4 Å². The molecule has 180 valence electrons. The standard InChI is InChI=1S/C26H27N5O3S/c1-29-22-21(17-10-11-17)19(14-27)26(35-23(24(28)34)18-7-3-2-4-8-18)30-25(22)31-13-5-6-16(15-31)9-12-20(32)33/h2-4,7-8,16-17,23H,5-6,9-13,15H2,(H2,28,34)(H,32,33). The summed E-state index contributed by atoms with van der Waals surface area (Å²) in [6, 6.07) is 11.4. The number of hydrogen-bond acceptors (Lipinski definition) is 6. The Morgan fingerprint density at radius 2 is 2.06 bits per heavy atom. The molecule has 2 aliphatic rings. The summed E-state index contributed by atoms with van der Waals surface area (Å²) in [6.07, 6.45) is 4.31. The van der Waals surface area contributed by atoms with Crippen molar-refractivity contribution in [2.45, 2.75) is 54.7 Å². The van der Waals surface area contributed by atoms with Gasteiger partial charge in [-0.15, -0.1) is 0 Å². The smallest absolute Gasteiger partial charge is 0.303 e. The molecule has 1 saturated heterocycles. The number of anilines is 1. The summed E-state index contributed by atoms with van der Waals surface area (Å²) in [7, 11) is 0. The Labute approximate surface area is 209 Å². The van der Waals surface area contributed by atoms with Crippen molar-refractivity contribution in [1.82, 2.24) is 4.98 Å². The third kappa shape index (κ3) is 5.58. The zero-order valence-electron chi connectivity index (χ0n) is 19.3. The molecule has 0 bridgehead atoms. The maximum Gasteiger partial charge on any atom is 0.303 e. The van der Waals surface area contributed by atoms with Gasteiger partial charge in [0.1, 0.15) is 22.2 Å². The van der Waals surface area contributed by atoms with E-state index in [1.54, 1.807) is 0 Å². The molecule has 0 spiro atoms. The number of aromatic nitrogens is 1. The predicted molar refractivity (Wildman–Crippen MR) is 133 cm³/mol. The minimum atomic E-state index is -0.811. The van der Waals surface area contributed by atoms with Crippen LogP contribution in [0.4, 0.5) is 11.5 Å². The van der Waals surface area contributed by atoms with Gasteiger partial charge in [-0.3, -0.25) is 9.59 Å². The van der Waals surface area contributed by atoms with Gasteiger partial charge >= 0.3 is 5.97 Å². The van der Waals surface area contributed by atoms with Crippen molar-refractivity contribution in [3.63, 3.8) is 0 Å². The van der Waals surface area contributed by atoms with E-state index in [9.17, 15) is 14.9 Å². The van der Waals surface area contributed by atoms with Crippen LogP contribution in [-0.2, 0) is 9.59 Å². The number of nitriles is 1. The minimum Gasteiger partial charge on any atom is -0.481 e. The first-order valence-electron chi connectivity index (χ1n) is 11.8. The molecule has 1 saturated carbocycles. The van der Waals surface area contributed by atoms with E-state index in [0.717, 1.165) is 48.6 Å². The number of carboxylic acids is 1. The van der Waals surface area contributed by atoms with Crippen LogP contribution >= 0.6 is 11.8 Å². The zero-order valence-corrected chi connectivity index (χ0v) is 20.1. The highest BCUT2D eigenvalue weighted by atomic mass is 32.2. The third-order valence-electron chi connectivity index (χ3n) is 6.54. The molecular weight excluding hydrogens is 462 g/mol. The highest BCUT2D eigenvalue weighted by Gasteiger charge is 2.36. The van der Waals surface area contributed by atoms with Gasteiger partial charge in [-0.05, 0) is 55.1 Å². The first-order chi connectivity index (χ1) is 16.9. The average molecular weight is 490 g/mol. The number of nitrogens with zero attached hydrogens (tertiary/aromatic N) is 4. The van der Waals surface area contributed by atoms with Gasteiger partial charge in [-0.2, -0.15) is 5.26 Å². The van der Waals surface area contributed by atoms with Crippen LogP contribution in [0.1, 0.15) is 66.4 Å². The number of hydrogen-bond donors (Lipinski definition) is 2. The van der Waals surface area contributed by atoms with Crippen molar-refractivity contribution in [3.05, 3.63) is 58.4 Å². The maximum absolute atomic E-state index is 12.4. The Hall–Kier alpha value is -3.56. The molecule has 35 heavy (non-hydrogen) atoms. The van der Waals surface area contributed by atoms with Gasteiger partial charge in [0.05, 0.1) is 12.1 Å². The molecule has 3 N–H and O–H groups in total. The molecule has 2 atom stereocenters. The number of amides is 1. The molecule has 1 aliphatic carbocycles. The fourth-order valence-corrected chi connectivity index (χ4v) is 5.75. The van der Waals surface area contributed by atoms with E-state index in [4.69, 9.17) is 22.4 Å². The lowest BCUT2D eigenvalue weighted by Gasteiger charge is -2.35. The van der Waals surface area contributed by atoms with E-state index in [1.807, 2.05) is 30.3 Å². The second-order valence-corrected chi connectivity index (χ2v) is 10.2. The molecule has 8 nitrogen and oxygen atoms in total. The molecule has 0 radical (unpaired) electrons. The Morgan fingerprint density at radius 1 is 1.31 bits per heavy atom. The second-order valence-electron chi connectivity index (χ2n) is 9.07. The highest BCUT2D eigenvalue weighted by molar-refractivity contribution is 8.00. The van der Waals surface area contributed by atoms with Gasteiger partial charge in [0.2, 0.25) is 11.6 Å². The van der Waals surface area contributed by atoms with Crippen molar-refractivity contribution in [1.29, 1.82) is 5.26 Å². The maximum atomic E-state index is 12.4. The quantitative estimate of drug-likeness (QED) is 0.383. The van der Waals surface area contributed by atoms with Crippen LogP contribution in [0, 0.1) is 23.8 Å². The lowest BCUT2D eigenvalue weighted by Crippen LogP contribution is -2.36. The van der Waals surface area contributed by atoms with Crippen molar-refractivity contribution >= 4 is 35.1 Å². The summed E-state index contributed by atoms with van der Waals surface area (Å²) in [5.74, 6) is -0.485. The molecule has 2 unspecified atom stereocenters. The molecule has 2 heterocycles. The number of primary amides is 1. The number of carbonyl (C=O) groups excluding carboxylic acids is 1. The molecular formula is C26H27N5O3S. The number of carboxylic acid groups (broad SMARTS) is 1. The van der Waals surface area contributed by atoms with E-state index >= 15 is 0 Å². The summed E-state index contributed by atoms with van der Waals surface area (Å²) < 4.78 is 0. The highest BCUT2D eigenvalue weighted by Crippen LogP contribution is 2.52. The summed E-state index contributed by atoms with van der Waals surface area (Å²) in [6.45, 7) is 9.25. The van der Waals surface area contributed by atoms with Crippen LogP contribution in [0.5, 0.6) is 0 Å². The number of thioether (sulfide) groups is 1. The van der Waals surface area contributed by atoms with E-state index in [2.05, 4.69) is 15.8 Å². The number of nitrogens with two attached hydrogens (primary N) is 1. The second kappa shape index (κ2) is 10.8. The van der Waals surface area contributed by atoms with Gasteiger partial charge in [-0.1, -0.05) is 42.1 Å². The molecule has 2 fully saturated rings. The largest absolute Gasteiger partial charge is 0.481 e. The molecule has 9 heteroatoms. The van der Waals surface area contributed by atoms with Gasteiger partial charge < -0.3 is 15.7 Å². The van der Waals surface area contributed by atoms with E-state index < -0.39 is 17.1 Å². The van der Waals surface area contributed by atoms with E-state index in [-0.39, 0.29) is 18.3 Å². The SMILES string of the molecule is [C-]#[N+]c1c(N2CCCC(CCC(=O)O)C2)nc(SC(C(N)=O)c2ccccc2)c(C#N)c1C1CC1. The number of rotatable bonds is 9. The normalized spacial score (nSPS) is 18.3. The van der Waals surface area contributed by atoms with Gasteiger partial charge in [0.25, 0.3) is 0 Å². The van der Waals surface area contributed by atoms with Crippen LogP contribution in [0.2, 0.25) is 0 Å². The Balaban J connectivity index is 1.76. The molecule has 1 aromatic carbocycles. The summed E-state index contributed by atoms with van der Waals surface area (Å²) >= 11 is 1.16. The topological polar surface area (TPSA) is 125 Å². The molecule has 2 aromatic rings. The number of pyridine rings is 1. The lowest BCUT2D eigenvalue weighted by molar-refractivity contribution is -0.137. The zero-order chi connectivity index (χ0) is 24.9. The summed E-state index contributed by atoms with van der Waals surface area (Å²) in [5.41, 5.74) is 7.96. The van der Waals surface area contributed by atoms with Crippen LogP contribution < -0.4 is 10.6 Å². The summed E-state index contributed by atoms with van der Waals surface area (Å²) in [5, 5.41) is 18.9. The van der Waals surface area contributed by atoms with Crippen molar-refractivity contribution < 1.29 is 14.7 Å². The third-order valence-corrected chi connectivity index (χ3v) is 7.80. The Morgan fingerprint density at radius 3 is 2.66 bits per heavy atom. The average Bonchev–Trinajstić information content (AvgIpc) is 3.71. The van der Waals surface area contributed by atoms with E-state index in [0.29, 0.717) is 41.6 Å². The molecule has 4 rings (SSSR count).